The molecule has 0 radical (unpaired) electrons. The summed E-state index contributed by atoms with van der Waals surface area (Å²) in [5.74, 6) is 0.183. The molecule has 0 aliphatic carbocycles. The Balaban J connectivity index is 1.78. The molecular formula is C21H22Cl2N4O3. The summed E-state index contributed by atoms with van der Waals surface area (Å²) in [6, 6.07) is 9.62. The van der Waals surface area contributed by atoms with Crippen LogP contribution in [-0.2, 0) is 0 Å². The molecule has 1 aromatic carbocycles. The van der Waals surface area contributed by atoms with Crippen molar-refractivity contribution in [3.63, 3.8) is 0 Å². The fourth-order valence-corrected chi connectivity index (χ4v) is 3.32. The summed E-state index contributed by atoms with van der Waals surface area (Å²) in [5, 5.41) is 25.7. The Bertz CT molecular complexity index is 1020. The number of amides is 1. The molecule has 2 atom stereocenters. The highest BCUT2D eigenvalue weighted by atomic mass is 35.5. The largest absolute Gasteiger partial charge is 0.394 e. The van der Waals surface area contributed by atoms with Crippen molar-refractivity contribution in [3.05, 3.63) is 70.1 Å². The van der Waals surface area contributed by atoms with Crippen molar-refractivity contribution in [2.24, 2.45) is 0 Å². The zero-order valence-electron chi connectivity index (χ0n) is 16.2. The molecule has 2 aromatic heterocycles. The summed E-state index contributed by atoms with van der Waals surface area (Å²) >= 11 is 12.3. The number of H-pyrrole nitrogens is 1. The van der Waals surface area contributed by atoms with Gasteiger partial charge in [0.25, 0.3) is 5.91 Å². The minimum absolute atomic E-state index is 0.0350. The van der Waals surface area contributed by atoms with Gasteiger partial charge in [0.05, 0.1) is 24.3 Å². The molecule has 30 heavy (non-hydrogen) atoms. The number of rotatable bonds is 8. The maximum atomic E-state index is 12.7. The van der Waals surface area contributed by atoms with E-state index in [0.29, 0.717) is 38.2 Å². The Labute approximate surface area is 184 Å². The van der Waals surface area contributed by atoms with Crippen LogP contribution in [0.5, 0.6) is 0 Å². The molecule has 0 bridgehead atoms. The van der Waals surface area contributed by atoms with Gasteiger partial charge in [-0.15, -0.1) is 0 Å². The van der Waals surface area contributed by atoms with Crippen LogP contribution in [0, 0.1) is 0 Å². The van der Waals surface area contributed by atoms with E-state index in [4.69, 9.17) is 23.2 Å². The second-order valence-corrected chi connectivity index (χ2v) is 7.69. The van der Waals surface area contributed by atoms with Crippen LogP contribution in [0.15, 0.2) is 48.8 Å². The first-order valence-corrected chi connectivity index (χ1v) is 10.1. The van der Waals surface area contributed by atoms with Crippen molar-refractivity contribution in [2.45, 2.75) is 19.0 Å². The van der Waals surface area contributed by atoms with Crippen molar-refractivity contribution >= 4 is 34.9 Å². The number of aromatic amines is 1. The maximum Gasteiger partial charge on any atom is 0.268 e. The number of hydrogen-bond acceptors (Lipinski definition) is 5. The molecule has 158 valence electrons. The SMILES string of the molecule is CC(CO)Nc1cc(-c2c[nH]c(C(=O)N[C@H](CO)c3cccc(Cl)c3)c2)c(Cl)cn1. The van der Waals surface area contributed by atoms with Gasteiger partial charge in [-0.2, -0.15) is 0 Å². The minimum Gasteiger partial charge on any atom is -0.394 e. The number of carbonyl (C=O) groups is 1. The zero-order chi connectivity index (χ0) is 21.7. The van der Waals surface area contributed by atoms with E-state index in [1.54, 1.807) is 42.6 Å². The van der Waals surface area contributed by atoms with Crippen LogP contribution in [0.3, 0.4) is 0 Å². The Hall–Kier alpha value is -2.58. The third kappa shape index (κ3) is 5.31. The number of aromatic nitrogens is 2. The number of aliphatic hydroxyl groups is 2. The first-order chi connectivity index (χ1) is 14.4. The lowest BCUT2D eigenvalue weighted by molar-refractivity contribution is 0.0911. The second kappa shape index (κ2) is 9.95. The first-order valence-electron chi connectivity index (χ1n) is 9.30. The summed E-state index contributed by atoms with van der Waals surface area (Å²) in [7, 11) is 0. The number of halogens is 2. The fourth-order valence-electron chi connectivity index (χ4n) is 2.91. The number of benzene rings is 1. The zero-order valence-corrected chi connectivity index (χ0v) is 17.7. The molecule has 1 amide bonds. The Morgan fingerprint density at radius 1 is 1.20 bits per heavy atom. The Kier molecular flexibility index (Phi) is 7.33. The topological polar surface area (TPSA) is 110 Å². The van der Waals surface area contributed by atoms with Gasteiger partial charge in [-0.25, -0.2) is 4.98 Å². The first kappa shape index (κ1) is 22.1. The minimum atomic E-state index is -0.594. The maximum absolute atomic E-state index is 12.7. The highest BCUT2D eigenvalue weighted by Crippen LogP contribution is 2.30. The highest BCUT2D eigenvalue weighted by Gasteiger charge is 2.18. The molecular weight excluding hydrogens is 427 g/mol. The average molecular weight is 449 g/mol. The molecule has 0 fully saturated rings. The third-order valence-electron chi connectivity index (χ3n) is 4.50. The van der Waals surface area contributed by atoms with E-state index in [9.17, 15) is 15.0 Å². The van der Waals surface area contributed by atoms with Gasteiger partial charge < -0.3 is 25.8 Å². The number of hydrogen-bond donors (Lipinski definition) is 5. The summed E-state index contributed by atoms with van der Waals surface area (Å²) < 4.78 is 0. The Morgan fingerprint density at radius 3 is 2.70 bits per heavy atom. The molecule has 5 N–H and O–H groups in total. The predicted octanol–water partition coefficient (Wildman–Crippen LogP) is 3.64. The fraction of sp³-hybridized carbons (Fsp3) is 0.238. The molecule has 3 aromatic rings. The van der Waals surface area contributed by atoms with Gasteiger partial charge >= 0.3 is 0 Å². The normalized spacial score (nSPS) is 13.0. The number of nitrogens with zero attached hydrogens (tertiary/aromatic N) is 1. The number of pyridine rings is 1. The molecule has 0 spiro atoms. The van der Waals surface area contributed by atoms with E-state index in [0.717, 1.165) is 0 Å². The summed E-state index contributed by atoms with van der Waals surface area (Å²) in [5.41, 5.74) is 2.41. The summed E-state index contributed by atoms with van der Waals surface area (Å²) in [6.45, 7) is 1.52. The molecule has 7 nitrogen and oxygen atoms in total. The average Bonchev–Trinajstić information content (AvgIpc) is 3.23. The van der Waals surface area contributed by atoms with E-state index >= 15 is 0 Å². The number of nitrogens with one attached hydrogen (secondary N) is 3. The summed E-state index contributed by atoms with van der Waals surface area (Å²) in [6.07, 6.45) is 3.18. The summed E-state index contributed by atoms with van der Waals surface area (Å²) in [4.78, 5) is 19.8. The van der Waals surface area contributed by atoms with E-state index < -0.39 is 6.04 Å². The number of anilines is 1. The van der Waals surface area contributed by atoms with E-state index in [-0.39, 0.29) is 25.2 Å². The van der Waals surface area contributed by atoms with E-state index in [2.05, 4.69) is 20.6 Å². The standard InChI is InChI=1S/C21H22Cl2N4O3/c1-12(10-28)26-20-7-16(17(23)9-25-20)14-6-18(24-8-14)21(30)27-19(11-29)13-3-2-4-15(22)5-13/h2-9,12,19,24,28-29H,10-11H2,1H3,(H,25,26)(H,27,30)/t12?,19-/m1/s1. The van der Waals surface area contributed by atoms with Crippen LogP contribution in [0.1, 0.15) is 29.0 Å². The van der Waals surface area contributed by atoms with Crippen LogP contribution in [-0.4, -0.2) is 45.3 Å². The quantitative estimate of drug-likeness (QED) is 0.361. The van der Waals surface area contributed by atoms with Gasteiger partial charge in [-0.05, 0) is 36.8 Å². The second-order valence-electron chi connectivity index (χ2n) is 6.84. The predicted molar refractivity (Wildman–Crippen MR) is 118 cm³/mol. The van der Waals surface area contributed by atoms with Crippen molar-refractivity contribution in [3.8, 4) is 11.1 Å². The lowest BCUT2D eigenvalue weighted by Crippen LogP contribution is -2.31. The Morgan fingerprint density at radius 2 is 2.00 bits per heavy atom. The van der Waals surface area contributed by atoms with Gasteiger partial charge in [0.1, 0.15) is 11.5 Å². The van der Waals surface area contributed by atoms with E-state index in [1.165, 1.54) is 6.20 Å². The highest BCUT2D eigenvalue weighted by molar-refractivity contribution is 6.33. The molecule has 2 heterocycles. The van der Waals surface area contributed by atoms with E-state index in [1.807, 2.05) is 6.92 Å². The molecule has 0 saturated heterocycles. The van der Waals surface area contributed by atoms with Crippen LogP contribution < -0.4 is 10.6 Å². The van der Waals surface area contributed by atoms with Crippen molar-refractivity contribution in [1.29, 1.82) is 0 Å². The third-order valence-corrected chi connectivity index (χ3v) is 5.04. The molecule has 1 unspecified atom stereocenters. The van der Waals surface area contributed by atoms with Crippen LogP contribution in [0.2, 0.25) is 10.0 Å². The van der Waals surface area contributed by atoms with Crippen LogP contribution in [0.4, 0.5) is 5.82 Å². The van der Waals surface area contributed by atoms with Crippen LogP contribution in [0.25, 0.3) is 11.1 Å². The molecule has 0 aliphatic rings. The van der Waals surface area contributed by atoms with Crippen molar-refractivity contribution in [2.75, 3.05) is 18.5 Å². The van der Waals surface area contributed by atoms with Crippen molar-refractivity contribution in [1.82, 2.24) is 15.3 Å². The molecule has 0 saturated carbocycles. The van der Waals surface area contributed by atoms with Gasteiger partial charge in [0, 0.05) is 34.6 Å². The van der Waals surface area contributed by atoms with Gasteiger partial charge in [-0.1, -0.05) is 35.3 Å². The van der Waals surface area contributed by atoms with Gasteiger partial charge in [-0.3, -0.25) is 4.79 Å². The molecule has 9 heteroatoms. The monoisotopic (exact) mass is 448 g/mol. The lowest BCUT2D eigenvalue weighted by atomic mass is 10.1. The van der Waals surface area contributed by atoms with Gasteiger partial charge in [0.2, 0.25) is 0 Å². The van der Waals surface area contributed by atoms with Crippen LogP contribution >= 0.6 is 23.2 Å². The van der Waals surface area contributed by atoms with Gasteiger partial charge in [0.15, 0.2) is 0 Å². The van der Waals surface area contributed by atoms with Crippen molar-refractivity contribution < 1.29 is 15.0 Å². The number of carbonyl (C=O) groups excluding carboxylic acids is 1. The molecule has 0 aliphatic heterocycles. The lowest BCUT2D eigenvalue weighted by Gasteiger charge is -2.16. The smallest absolute Gasteiger partial charge is 0.268 e. The molecule has 3 rings (SSSR count). The number of aliphatic hydroxyl groups excluding tert-OH is 2.